The minimum Gasteiger partial charge on any atom is -0.369 e. The van der Waals surface area contributed by atoms with Crippen molar-refractivity contribution in [3.63, 3.8) is 0 Å². The summed E-state index contributed by atoms with van der Waals surface area (Å²) in [6, 6.07) is 12.8. The van der Waals surface area contributed by atoms with E-state index >= 15 is 0 Å². The highest BCUT2D eigenvalue weighted by atomic mass is 16.2. The molecule has 3 N–H and O–H groups in total. The zero-order valence-electron chi connectivity index (χ0n) is 27.4. The molecule has 3 aliphatic carbocycles. The number of benzene rings is 2. The number of hydrogen-bond acceptors (Lipinski definition) is 8. The van der Waals surface area contributed by atoms with Crippen LogP contribution in [0.3, 0.4) is 0 Å². The molecule has 2 aromatic heterocycles. The van der Waals surface area contributed by atoms with Gasteiger partial charge in [0, 0.05) is 43.4 Å². The van der Waals surface area contributed by atoms with Crippen LogP contribution in [0.1, 0.15) is 66.1 Å². The molecule has 10 rings (SSSR count). The topological polar surface area (TPSA) is 173 Å². The van der Waals surface area contributed by atoms with E-state index in [0.29, 0.717) is 44.3 Å². The van der Waals surface area contributed by atoms with Gasteiger partial charge in [0.25, 0.3) is 5.91 Å². The smallest absolute Gasteiger partial charge is 0.255 e. The quantitative estimate of drug-likeness (QED) is 0.282. The number of fused-ring (bicyclic) bond motifs is 2. The molecule has 2 atom stereocenters. The van der Waals surface area contributed by atoms with Gasteiger partial charge in [0.05, 0.1) is 46.0 Å². The number of aromatic nitrogens is 4. The first-order chi connectivity index (χ1) is 24.1. The predicted octanol–water partition coefficient (Wildman–Crippen LogP) is 2.54. The summed E-state index contributed by atoms with van der Waals surface area (Å²) >= 11 is 0. The van der Waals surface area contributed by atoms with Gasteiger partial charge in [-0.05, 0) is 73.8 Å². The molecule has 3 aliphatic heterocycles. The van der Waals surface area contributed by atoms with Crippen LogP contribution < -0.4 is 11.1 Å². The molecule has 2 aromatic carbocycles. The van der Waals surface area contributed by atoms with Crippen LogP contribution in [0.15, 0.2) is 61.1 Å². The van der Waals surface area contributed by atoms with Crippen molar-refractivity contribution in [1.82, 2.24) is 34.9 Å². The van der Waals surface area contributed by atoms with Crippen LogP contribution in [-0.2, 0) is 32.1 Å². The normalized spacial score (nSPS) is 27.5. The number of imide groups is 1. The summed E-state index contributed by atoms with van der Waals surface area (Å²) in [7, 11) is 0. The van der Waals surface area contributed by atoms with E-state index in [1.54, 1.807) is 12.3 Å². The highest BCUT2D eigenvalue weighted by Gasteiger charge is 2.81. The van der Waals surface area contributed by atoms with Gasteiger partial charge in [-0.2, -0.15) is 5.10 Å². The Labute approximate surface area is 287 Å². The Hall–Kier alpha value is -5.46. The van der Waals surface area contributed by atoms with Gasteiger partial charge in [0.1, 0.15) is 6.04 Å². The summed E-state index contributed by atoms with van der Waals surface area (Å²) < 4.78 is 1.97. The van der Waals surface area contributed by atoms with Crippen molar-refractivity contribution >= 4 is 40.6 Å². The number of amides is 5. The van der Waals surface area contributed by atoms with Gasteiger partial charge in [-0.1, -0.05) is 24.3 Å². The molecule has 254 valence electrons. The van der Waals surface area contributed by atoms with Crippen molar-refractivity contribution in [2.45, 2.75) is 63.6 Å². The predicted molar refractivity (Wildman–Crippen MR) is 179 cm³/mol. The van der Waals surface area contributed by atoms with E-state index in [-0.39, 0.29) is 48.6 Å². The van der Waals surface area contributed by atoms with Crippen LogP contribution in [0.25, 0.3) is 22.3 Å². The Morgan fingerprint density at radius 2 is 1.74 bits per heavy atom. The van der Waals surface area contributed by atoms with E-state index < -0.39 is 22.8 Å². The number of carbonyl (C=O) groups is 5. The molecule has 4 aromatic rings. The Kier molecular flexibility index (Phi) is 6.74. The lowest BCUT2D eigenvalue weighted by Crippen LogP contribution is -2.79. The number of nitrogens with two attached hydrogens (primary N) is 1. The number of rotatable bonds is 7. The van der Waals surface area contributed by atoms with E-state index in [9.17, 15) is 24.0 Å². The fourth-order valence-electron chi connectivity index (χ4n) is 9.28. The van der Waals surface area contributed by atoms with Crippen molar-refractivity contribution in [2.75, 3.05) is 13.1 Å². The maximum Gasteiger partial charge on any atom is 0.255 e. The molecule has 5 heterocycles. The number of hydrogen-bond donors (Lipinski definition) is 2. The lowest BCUT2D eigenvalue weighted by molar-refractivity contribution is -0.257. The highest BCUT2D eigenvalue weighted by molar-refractivity contribution is 6.05. The van der Waals surface area contributed by atoms with Crippen LogP contribution in [-0.4, -0.2) is 78.2 Å². The fraction of sp³-hybridized carbons (Fsp3) is 0.405. The number of carbonyl (C=O) groups excluding carboxylic acids is 5. The second-order valence-electron chi connectivity index (χ2n) is 14.7. The molecular formula is C37H36N8O5. The molecule has 3 saturated carbocycles. The van der Waals surface area contributed by atoms with E-state index in [0.717, 1.165) is 46.3 Å². The van der Waals surface area contributed by atoms with Gasteiger partial charge in [-0.25, -0.2) is 4.98 Å². The minimum absolute atomic E-state index is 0.0945. The first-order valence-corrected chi connectivity index (χ1v) is 17.3. The standard InChI is InChI=1S/C37H36N8O5/c38-34(49)36-19-37(20-36,30(36)14-21-5-6-25-22(13-21)17-44(33(25)48)29-7-8-31(46)42-32(29)47)35(50)43-11-9-24(10-12-43)45-18-23(15-40-45)28-16-39-26-3-1-2-4-27(26)41-28/h1-6,13,15-16,18,24,29-30H,7-12,14,17,19-20H2,(H2,38,49)(H,42,46,47). The molecule has 50 heavy (non-hydrogen) atoms. The molecule has 5 fully saturated rings. The minimum atomic E-state index is -0.696. The van der Waals surface area contributed by atoms with Crippen molar-refractivity contribution in [1.29, 1.82) is 0 Å². The molecular weight excluding hydrogens is 636 g/mol. The summed E-state index contributed by atoms with van der Waals surface area (Å²) in [6.45, 7) is 1.47. The molecule has 2 saturated heterocycles. The summed E-state index contributed by atoms with van der Waals surface area (Å²) in [5.74, 6) is -1.48. The average Bonchev–Trinajstić information content (AvgIpc) is 3.71. The summed E-state index contributed by atoms with van der Waals surface area (Å²) in [5.41, 5.74) is 10.2. The van der Waals surface area contributed by atoms with Crippen LogP contribution in [0.5, 0.6) is 0 Å². The van der Waals surface area contributed by atoms with Crippen LogP contribution in [0, 0.1) is 16.7 Å². The Balaban J connectivity index is 0.868. The van der Waals surface area contributed by atoms with E-state index in [1.165, 1.54) is 4.90 Å². The Bertz CT molecular complexity index is 2130. The number of piperidine rings is 2. The number of nitrogens with zero attached hydrogens (tertiary/aromatic N) is 6. The third-order valence-corrected chi connectivity index (χ3v) is 12.0. The zero-order valence-corrected chi connectivity index (χ0v) is 27.4. The molecule has 0 radical (unpaired) electrons. The Morgan fingerprint density at radius 1 is 0.960 bits per heavy atom. The monoisotopic (exact) mass is 672 g/mol. The largest absolute Gasteiger partial charge is 0.369 e. The molecule has 6 aliphatic rings. The van der Waals surface area contributed by atoms with Crippen molar-refractivity contribution in [2.24, 2.45) is 22.5 Å². The van der Waals surface area contributed by atoms with Gasteiger partial charge >= 0.3 is 0 Å². The molecule has 13 heteroatoms. The number of primary amides is 1. The van der Waals surface area contributed by atoms with Crippen molar-refractivity contribution in [3.05, 3.63) is 77.7 Å². The second-order valence-corrected chi connectivity index (χ2v) is 14.7. The van der Waals surface area contributed by atoms with Gasteiger partial charge in [0.2, 0.25) is 23.6 Å². The van der Waals surface area contributed by atoms with Gasteiger partial charge in [-0.3, -0.25) is 39.0 Å². The maximum absolute atomic E-state index is 14.2. The van der Waals surface area contributed by atoms with Gasteiger partial charge in [0.15, 0.2) is 0 Å². The Morgan fingerprint density at radius 3 is 2.50 bits per heavy atom. The second kappa shape index (κ2) is 11.0. The first kappa shape index (κ1) is 30.6. The third kappa shape index (κ3) is 4.51. The number of para-hydroxylation sites is 2. The summed E-state index contributed by atoms with van der Waals surface area (Å²) in [4.78, 5) is 77.0. The molecule has 2 unspecified atom stereocenters. The van der Waals surface area contributed by atoms with E-state index in [2.05, 4.69) is 15.4 Å². The van der Waals surface area contributed by atoms with Crippen molar-refractivity contribution < 1.29 is 24.0 Å². The molecule has 0 spiro atoms. The third-order valence-electron chi connectivity index (χ3n) is 12.0. The number of likely N-dealkylation sites (tertiary alicyclic amines) is 1. The van der Waals surface area contributed by atoms with Crippen molar-refractivity contribution in [3.8, 4) is 11.3 Å². The van der Waals surface area contributed by atoms with Crippen LogP contribution in [0.2, 0.25) is 0 Å². The fourth-order valence-corrected chi connectivity index (χ4v) is 9.28. The van der Waals surface area contributed by atoms with Gasteiger partial charge in [-0.15, -0.1) is 0 Å². The lowest BCUT2D eigenvalue weighted by Gasteiger charge is -2.74. The summed E-state index contributed by atoms with van der Waals surface area (Å²) in [6.07, 6.45) is 9.05. The molecule has 5 amide bonds. The zero-order chi connectivity index (χ0) is 34.4. The van der Waals surface area contributed by atoms with E-state index in [1.807, 2.05) is 58.4 Å². The van der Waals surface area contributed by atoms with Crippen LogP contribution >= 0.6 is 0 Å². The average molecular weight is 673 g/mol. The number of nitrogens with one attached hydrogen (secondary N) is 1. The maximum atomic E-state index is 14.2. The summed E-state index contributed by atoms with van der Waals surface area (Å²) in [5, 5.41) is 6.98. The lowest BCUT2D eigenvalue weighted by atomic mass is 9.27. The SMILES string of the molecule is NC(=O)C12CC(C(=O)N3CCC(n4cc(-c5cnc6ccccc6n5)cn4)CC3)(C1)C2Cc1ccc2c(c1)CN(C1CCC(=O)NC1=O)C2=O. The van der Waals surface area contributed by atoms with E-state index in [4.69, 9.17) is 10.7 Å². The first-order valence-electron chi connectivity index (χ1n) is 17.3. The molecule has 2 bridgehead atoms. The molecule has 13 nitrogen and oxygen atoms in total. The highest BCUT2D eigenvalue weighted by Crippen LogP contribution is 2.78. The van der Waals surface area contributed by atoms with Gasteiger partial charge < -0.3 is 15.5 Å². The van der Waals surface area contributed by atoms with Crippen LogP contribution in [0.4, 0.5) is 0 Å².